The van der Waals surface area contributed by atoms with Crippen molar-refractivity contribution in [2.75, 3.05) is 0 Å². The van der Waals surface area contributed by atoms with Crippen molar-refractivity contribution in [3.05, 3.63) is 64.7 Å². The van der Waals surface area contributed by atoms with Gasteiger partial charge >= 0.3 is 12.1 Å². The Bertz CT molecular complexity index is 941. The SMILES string of the molecule is O=C(O)C(CCCCCc1cccc(C(F)(F)F)c1)S(=O)(=O)c1ccc(Cl)cc1. The van der Waals surface area contributed by atoms with Crippen LogP contribution >= 0.6 is 11.6 Å². The fourth-order valence-electron chi connectivity index (χ4n) is 2.94. The summed E-state index contributed by atoms with van der Waals surface area (Å²) in [6.07, 6.45) is -2.75. The molecular weight excluding hydrogens is 429 g/mol. The van der Waals surface area contributed by atoms with E-state index in [4.69, 9.17) is 11.6 Å². The Hall–Kier alpha value is -2.06. The summed E-state index contributed by atoms with van der Waals surface area (Å²) in [5, 5.41) is 8.11. The summed E-state index contributed by atoms with van der Waals surface area (Å²) in [6, 6.07) is 10.3. The van der Waals surface area contributed by atoms with Crippen molar-refractivity contribution in [1.82, 2.24) is 0 Å². The Morgan fingerprint density at radius 2 is 1.69 bits per heavy atom. The standard InChI is InChI=1S/C20H20ClF3O4S/c21-16-9-11-17(12-10-16)29(27,28)18(19(25)26)8-3-1-2-5-14-6-4-7-15(13-14)20(22,23)24/h4,6-7,9-13,18H,1-3,5,8H2,(H,25,26). The maximum atomic E-state index is 12.7. The van der Waals surface area contributed by atoms with Crippen molar-refractivity contribution < 1.29 is 31.5 Å². The van der Waals surface area contributed by atoms with Gasteiger partial charge < -0.3 is 5.11 Å². The van der Waals surface area contributed by atoms with Gasteiger partial charge in [-0.25, -0.2) is 8.42 Å². The van der Waals surface area contributed by atoms with Crippen molar-refractivity contribution in [2.24, 2.45) is 0 Å². The van der Waals surface area contributed by atoms with Crippen molar-refractivity contribution in [3.8, 4) is 0 Å². The number of sulfone groups is 1. The number of aryl methyl sites for hydroxylation is 1. The van der Waals surface area contributed by atoms with E-state index in [0.717, 1.165) is 12.1 Å². The Kier molecular flexibility index (Phi) is 7.71. The maximum Gasteiger partial charge on any atom is 0.416 e. The molecule has 4 nitrogen and oxygen atoms in total. The molecule has 0 spiro atoms. The van der Waals surface area contributed by atoms with Gasteiger partial charge in [-0.2, -0.15) is 13.2 Å². The lowest BCUT2D eigenvalue weighted by atomic mass is 10.0. The highest BCUT2D eigenvalue weighted by Gasteiger charge is 2.33. The molecule has 0 aliphatic carbocycles. The molecule has 1 N–H and O–H groups in total. The maximum absolute atomic E-state index is 12.7. The van der Waals surface area contributed by atoms with E-state index < -0.39 is 32.8 Å². The molecule has 2 aromatic carbocycles. The number of hydrogen-bond donors (Lipinski definition) is 1. The predicted octanol–water partition coefficient (Wildman–Crippen LogP) is 5.39. The van der Waals surface area contributed by atoms with E-state index >= 15 is 0 Å². The lowest BCUT2D eigenvalue weighted by Gasteiger charge is -2.14. The first-order valence-electron chi connectivity index (χ1n) is 8.90. The van der Waals surface area contributed by atoms with Crippen LogP contribution < -0.4 is 0 Å². The summed E-state index contributed by atoms with van der Waals surface area (Å²) in [5.41, 5.74) is -0.182. The van der Waals surface area contributed by atoms with E-state index in [-0.39, 0.29) is 11.3 Å². The zero-order valence-corrected chi connectivity index (χ0v) is 16.9. The molecule has 0 aromatic heterocycles. The van der Waals surface area contributed by atoms with Crippen LogP contribution in [0.2, 0.25) is 5.02 Å². The summed E-state index contributed by atoms with van der Waals surface area (Å²) >= 11 is 5.73. The highest BCUT2D eigenvalue weighted by Crippen LogP contribution is 2.30. The topological polar surface area (TPSA) is 71.4 Å². The largest absolute Gasteiger partial charge is 0.480 e. The van der Waals surface area contributed by atoms with Crippen LogP contribution in [0.3, 0.4) is 0 Å². The molecule has 0 heterocycles. The van der Waals surface area contributed by atoms with Gasteiger partial charge in [0, 0.05) is 5.02 Å². The van der Waals surface area contributed by atoms with Crippen molar-refractivity contribution in [2.45, 2.75) is 48.4 Å². The normalized spacial score (nSPS) is 13.2. The second-order valence-corrected chi connectivity index (χ2v) is 9.19. The fraction of sp³-hybridized carbons (Fsp3) is 0.350. The van der Waals surface area contributed by atoms with Crippen LogP contribution in [0, 0.1) is 0 Å². The van der Waals surface area contributed by atoms with Crippen LogP contribution in [0.5, 0.6) is 0 Å². The lowest BCUT2D eigenvalue weighted by molar-refractivity contribution is -0.138. The molecule has 9 heteroatoms. The molecule has 0 radical (unpaired) electrons. The molecule has 1 unspecified atom stereocenters. The van der Waals surface area contributed by atoms with Gasteiger partial charge in [-0.05, 0) is 55.2 Å². The van der Waals surface area contributed by atoms with Crippen LogP contribution in [0.25, 0.3) is 0 Å². The number of benzene rings is 2. The summed E-state index contributed by atoms with van der Waals surface area (Å²) in [4.78, 5) is 11.4. The van der Waals surface area contributed by atoms with E-state index in [1.807, 2.05) is 0 Å². The third kappa shape index (κ3) is 6.47. The third-order valence-electron chi connectivity index (χ3n) is 4.48. The number of alkyl halides is 3. The summed E-state index contributed by atoms with van der Waals surface area (Å²) in [7, 11) is -4.06. The van der Waals surface area contributed by atoms with Crippen LogP contribution in [-0.4, -0.2) is 24.7 Å². The molecule has 0 saturated heterocycles. The number of hydrogen-bond acceptors (Lipinski definition) is 3. The molecule has 29 heavy (non-hydrogen) atoms. The first kappa shape index (κ1) is 23.2. The van der Waals surface area contributed by atoms with Crippen LogP contribution in [0.15, 0.2) is 53.4 Å². The van der Waals surface area contributed by atoms with Crippen LogP contribution in [-0.2, 0) is 27.2 Å². The van der Waals surface area contributed by atoms with Gasteiger partial charge in [-0.1, -0.05) is 42.6 Å². The summed E-state index contributed by atoms with van der Waals surface area (Å²) < 4.78 is 63.3. The minimum Gasteiger partial charge on any atom is -0.480 e. The number of rotatable bonds is 9. The monoisotopic (exact) mass is 448 g/mol. The molecule has 158 valence electrons. The first-order valence-corrected chi connectivity index (χ1v) is 10.8. The molecule has 0 amide bonds. The third-order valence-corrected chi connectivity index (χ3v) is 6.85. The number of halogens is 4. The Morgan fingerprint density at radius 3 is 2.28 bits per heavy atom. The Balaban J connectivity index is 1.92. The van der Waals surface area contributed by atoms with Crippen LogP contribution in [0.4, 0.5) is 13.2 Å². The summed E-state index contributed by atoms with van der Waals surface area (Å²) in [6.45, 7) is 0. The van der Waals surface area contributed by atoms with E-state index in [1.54, 1.807) is 6.07 Å². The average Bonchev–Trinajstić information content (AvgIpc) is 2.64. The smallest absolute Gasteiger partial charge is 0.416 e. The second kappa shape index (κ2) is 9.63. The van der Waals surface area contributed by atoms with Gasteiger partial charge in [-0.15, -0.1) is 0 Å². The highest BCUT2D eigenvalue weighted by atomic mass is 35.5. The number of carboxylic acids is 1. The number of aliphatic carboxylic acids is 1. The van der Waals surface area contributed by atoms with E-state index in [2.05, 4.69) is 0 Å². The van der Waals surface area contributed by atoms with Gasteiger partial charge in [-0.3, -0.25) is 4.79 Å². The average molecular weight is 449 g/mol. The zero-order chi connectivity index (χ0) is 21.7. The molecule has 0 fully saturated rings. The fourth-order valence-corrected chi connectivity index (χ4v) is 4.65. The van der Waals surface area contributed by atoms with Gasteiger partial charge in [0.1, 0.15) is 0 Å². The number of carboxylic acid groups (broad SMARTS) is 1. The summed E-state index contributed by atoms with van der Waals surface area (Å²) in [5.74, 6) is -1.43. The minimum absolute atomic E-state index is 0.0805. The molecule has 0 bridgehead atoms. The van der Waals surface area contributed by atoms with Gasteiger partial charge in [0.05, 0.1) is 10.5 Å². The molecular formula is C20H20ClF3O4S. The lowest BCUT2D eigenvalue weighted by Crippen LogP contribution is -2.30. The predicted molar refractivity (Wildman–Crippen MR) is 104 cm³/mol. The molecule has 2 rings (SSSR count). The first-order chi connectivity index (χ1) is 13.5. The van der Waals surface area contributed by atoms with Gasteiger partial charge in [0.15, 0.2) is 15.1 Å². The van der Waals surface area contributed by atoms with E-state index in [1.165, 1.54) is 30.3 Å². The number of carbonyl (C=O) groups is 1. The molecule has 0 saturated carbocycles. The Labute approximate surface area is 172 Å². The number of unbranched alkanes of at least 4 members (excludes halogenated alkanes) is 2. The van der Waals surface area contributed by atoms with Crippen molar-refractivity contribution in [1.29, 1.82) is 0 Å². The molecule has 2 aromatic rings. The van der Waals surface area contributed by atoms with Gasteiger partial charge in [0.2, 0.25) is 0 Å². The Morgan fingerprint density at radius 1 is 1.03 bits per heavy atom. The minimum atomic E-state index is -4.40. The second-order valence-electron chi connectivity index (χ2n) is 6.62. The highest BCUT2D eigenvalue weighted by molar-refractivity contribution is 7.92. The van der Waals surface area contributed by atoms with E-state index in [0.29, 0.717) is 36.3 Å². The van der Waals surface area contributed by atoms with Gasteiger partial charge in [0.25, 0.3) is 0 Å². The molecule has 0 aliphatic heterocycles. The van der Waals surface area contributed by atoms with E-state index in [9.17, 15) is 31.5 Å². The van der Waals surface area contributed by atoms with Crippen molar-refractivity contribution >= 4 is 27.4 Å². The molecule has 1 atom stereocenters. The van der Waals surface area contributed by atoms with Crippen LogP contribution in [0.1, 0.15) is 36.8 Å². The molecule has 0 aliphatic rings. The zero-order valence-electron chi connectivity index (χ0n) is 15.3. The van der Waals surface area contributed by atoms with Crippen molar-refractivity contribution in [3.63, 3.8) is 0 Å². The quantitative estimate of drug-likeness (QED) is 0.522.